The van der Waals surface area contributed by atoms with Gasteiger partial charge in [-0.1, -0.05) is 30.3 Å². The predicted octanol–water partition coefficient (Wildman–Crippen LogP) is 2.40. The third kappa shape index (κ3) is 2.86. The molecule has 0 unspecified atom stereocenters. The molecule has 0 saturated heterocycles. The maximum Gasteiger partial charge on any atom is 0.341 e. The highest BCUT2D eigenvalue weighted by molar-refractivity contribution is 5.88. The molecule has 0 aliphatic rings. The average molecular weight is 323 g/mol. The number of carbonyl (C=O) groups is 1. The van der Waals surface area contributed by atoms with Gasteiger partial charge in [0.1, 0.15) is 5.56 Å². The van der Waals surface area contributed by atoms with E-state index in [4.69, 9.17) is 0 Å². The van der Waals surface area contributed by atoms with E-state index in [0.717, 1.165) is 11.3 Å². The Morgan fingerprint density at radius 1 is 1.17 bits per heavy atom. The fourth-order valence-electron chi connectivity index (χ4n) is 2.59. The number of benzene rings is 1. The van der Waals surface area contributed by atoms with Gasteiger partial charge in [-0.15, -0.1) is 0 Å². The number of nitrogens with zero attached hydrogens (tertiary/aromatic N) is 3. The van der Waals surface area contributed by atoms with Crippen molar-refractivity contribution in [2.75, 3.05) is 0 Å². The molecular formula is C18H17N3O3. The van der Waals surface area contributed by atoms with Gasteiger partial charge >= 0.3 is 5.97 Å². The number of hydrogen-bond acceptors (Lipinski definition) is 3. The summed E-state index contributed by atoms with van der Waals surface area (Å²) in [5.41, 5.74) is 1.61. The summed E-state index contributed by atoms with van der Waals surface area (Å²) in [4.78, 5) is 23.7. The zero-order valence-corrected chi connectivity index (χ0v) is 13.4. The summed E-state index contributed by atoms with van der Waals surface area (Å²) in [5.74, 6) is -0.816. The first-order chi connectivity index (χ1) is 11.5. The minimum Gasteiger partial charge on any atom is -0.477 e. The van der Waals surface area contributed by atoms with Crippen molar-refractivity contribution >= 4 is 5.97 Å². The van der Waals surface area contributed by atoms with Gasteiger partial charge in [0, 0.05) is 18.0 Å². The number of aromatic nitrogens is 3. The Kier molecular flexibility index (Phi) is 4.04. The van der Waals surface area contributed by atoms with Crippen LogP contribution >= 0.6 is 0 Å². The van der Waals surface area contributed by atoms with E-state index in [1.807, 2.05) is 37.3 Å². The molecule has 0 atom stereocenters. The van der Waals surface area contributed by atoms with Crippen LogP contribution in [0, 0.1) is 13.8 Å². The van der Waals surface area contributed by atoms with Crippen molar-refractivity contribution in [1.82, 2.24) is 14.3 Å². The van der Waals surface area contributed by atoms with Crippen LogP contribution in [0.4, 0.5) is 0 Å². The molecule has 2 heterocycles. The van der Waals surface area contributed by atoms with Crippen LogP contribution in [0.2, 0.25) is 0 Å². The van der Waals surface area contributed by atoms with Gasteiger partial charge in [0.15, 0.2) is 5.82 Å². The zero-order valence-electron chi connectivity index (χ0n) is 13.4. The molecule has 1 N–H and O–H groups in total. The monoisotopic (exact) mass is 323 g/mol. The molecule has 0 amide bonds. The second-order valence-corrected chi connectivity index (χ2v) is 5.64. The normalized spacial score (nSPS) is 10.8. The van der Waals surface area contributed by atoms with E-state index in [1.165, 1.54) is 4.57 Å². The number of hydrogen-bond donors (Lipinski definition) is 1. The maximum absolute atomic E-state index is 12.4. The molecule has 1 aromatic carbocycles. The molecule has 2 aromatic heterocycles. The van der Waals surface area contributed by atoms with Crippen molar-refractivity contribution < 1.29 is 9.90 Å². The fourth-order valence-corrected chi connectivity index (χ4v) is 2.59. The number of rotatable bonds is 4. The van der Waals surface area contributed by atoms with E-state index in [9.17, 15) is 14.7 Å². The molecule has 0 bridgehead atoms. The van der Waals surface area contributed by atoms with Gasteiger partial charge in [-0.05, 0) is 31.0 Å². The molecule has 0 spiro atoms. The first-order valence-electron chi connectivity index (χ1n) is 7.51. The molecule has 0 radical (unpaired) electrons. The third-order valence-electron chi connectivity index (χ3n) is 3.90. The SMILES string of the molecule is Cc1ccn(-c2cc(C)n(Cc3ccccc3)n2)c(=O)c1C(=O)O. The van der Waals surface area contributed by atoms with E-state index in [0.29, 0.717) is 17.9 Å². The number of aromatic carboxylic acids is 1. The number of carboxylic acids is 1. The van der Waals surface area contributed by atoms with E-state index in [1.54, 1.807) is 29.9 Å². The Hall–Kier alpha value is -3.15. The lowest BCUT2D eigenvalue weighted by Crippen LogP contribution is -2.26. The lowest BCUT2D eigenvalue weighted by molar-refractivity contribution is 0.0693. The van der Waals surface area contributed by atoms with Crippen LogP contribution in [0.25, 0.3) is 5.82 Å². The van der Waals surface area contributed by atoms with Gasteiger partial charge in [0.05, 0.1) is 6.54 Å². The van der Waals surface area contributed by atoms with Gasteiger partial charge < -0.3 is 5.11 Å². The largest absolute Gasteiger partial charge is 0.477 e. The summed E-state index contributed by atoms with van der Waals surface area (Å²) < 4.78 is 3.06. The van der Waals surface area contributed by atoms with E-state index >= 15 is 0 Å². The Morgan fingerprint density at radius 2 is 1.88 bits per heavy atom. The Balaban J connectivity index is 2.03. The Bertz CT molecular complexity index is 955. The quantitative estimate of drug-likeness (QED) is 0.800. The van der Waals surface area contributed by atoms with Crippen molar-refractivity contribution in [2.24, 2.45) is 0 Å². The molecule has 6 nitrogen and oxygen atoms in total. The standard InChI is InChI=1S/C18H17N3O3/c1-12-8-9-20(17(22)16(12)18(23)24)15-10-13(2)21(19-15)11-14-6-4-3-5-7-14/h3-10H,11H2,1-2H3,(H,23,24). The fraction of sp³-hybridized carbons (Fsp3) is 0.167. The summed E-state index contributed by atoms with van der Waals surface area (Å²) in [6, 6.07) is 13.2. The smallest absolute Gasteiger partial charge is 0.341 e. The molecule has 0 fully saturated rings. The molecular weight excluding hydrogens is 306 g/mol. The van der Waals surface area contributed by atoms with Crippen molar-refractivity contribution in [3.63, 3.8) is 0 Å². The second kappa shape index (κ2) is 6.16. The number of carboxylic acid groups (broad SMARTS) is 1. The lowest BCUT2D eigenvalue weighted by atomic mass is 10.1. The highest BCUT2D eigenvalue weighted by atomic mass is 16.4. The van der Waals surface area contributed by atoms with Crippen LogP contribution < -0.4 is 5.56 Å². The van der Waals surface area contributed by atoms with Crippen LogP contribution in [-0.2, 0) is 6.54 Å². The molecule has 3 rings (SSSR count). The van der Waals surface area contributed by atoms with Crippen molar-refractivity contribution in [2.45, 2.75) is 20.4 Å². The van der Waals surface area contributed by atoms with Gasteiger partial charge in [-0.25, -0.2) is 4.79 Å². The number of aryl methyl sites for hydroxylation is 2. The molecule has 0 aliphatic carbocycles. The highest BCUT2D eigenvalue weighted by Crippen LogP contribution is 2.11. The van der Waals surface area contributed by atoms with E-state index < -0.39 is 11.5 Å². The van der Waals surface area contributed by atoms with Gasteiger partial charge in [-0.2, -0.15) is 5.10 Å². The van der Waals surface area contributed by atoms with Crippen LogP contribution in [-0.4, -0.2) is 25.4 Å². The first-order valence-corrected chi connectivity index (χ1v) is 7.51. The molecule has 0 aliphatic heterocycles. The Labute approximate surface area is 138 Å². The summed E-state index contributed by atoms with van der Waals surface area (Å²) >= 11 is 0. The molecule has 6 heteroatoms. The topological polar surface area (TPSA) is 77.1 Å². The molecule has 0 saturated carbocycles. The first kappa shape index (κ1) is 15.7. The average Bonchev–Trinajstić information content (AvgIpc) is 2.88. The maximum atomic E-state index is 12.4. The molecule has 122 valence electrons. The third-order valence-corrected chi connectivity index (χ3v) is 3.90. The lowest BCUT2D eigenvalue weighted by Gasteiger charge is -2.06. The molecule has 3 aromatic rings. The predicted molar refractivity (Wildman–Crippen MR) is 89.8 cm³/mol. The summed E-state index contributed by atoms with van der Waals surface area (Å²) in [6.45, 7) is 4.09. The van der Waals surface area contributed by atoms with Crippen LogP contribution in [0.1, 0.15) is 27.2 Å². The van der Waals surface area contributed by atoms with E-state index in [2.05, 4.69) is 5.10 Å². The van der Waals surface area contributed by atoms with Gasteiger partial charge in [0.2, 0.25) is 0 Å². The second-order valence-electron chi connectivity index (χ2n) is 5.64. The zero-order chi connectivity index (χ0) is 17.3. The van der Waals surface area contributed by atoms with Crippen molar-refractivity contribution in [3.8, 4) is 5.82 Å². The highest BCUT2D eigenvalue weighted by Gasteiger charge is 2.17. The van der Waals surface area contributed by atoms with E-state index in [-0.39, 0.29) is 5.56 Å². The Morgan fingerprint density at radius 3 is 2.54 bits per heavy atom. The van der Waals surface area contributed by atoms with Gasteiger partial charge in [0.25, 0.3) is 5.56 Å². The van der Waals surface area contributed by atoms with Crippen molar-refractivity contribution in [3.05, 3.63) is 81.4 Å². The van der Waals surface area contributed by atoms with Crippen molar-refractivity contribution in [1.29, 1.82) is 0 Å². The minimum absolute atomic E-state index is 0.229. The van der Waals surface area contributed by atoms with Crippen LogP contribution in [0.3, 0.4) is 0 Å². The summed E-state index contributed by atoms with van der Waals surface area (Å²) in [5, 5.41) is 13.7. The minimum atomic E-state index is -1.23. The van der Waals surface area contributed by atoms with Crippen LogP contribution in [0.5, 0.6) is 0 Å². The van der Waals surface area contributed by atoms with Crippen LogP contribution in [0.15, 0.2) is 53.5 Å². The van der Waals surface area contributed by atoms with Gasteiger partial charge in [-0.3, -0.25) is 14.0 Å². The number of pyridine rings is 1. The summed E-state index contributed by atoms with van der Waals surface area (Å²) in [6.07, 6.45) is 1.55. The molecule has 24 heavy (non-hydrogen) atoms. The summed E-state index contributed by atoms with van der Waals surface area (Å²) in [7, 11) is 0.